The SMILES string of the molecule is CN(CCCn1ccnc1)c1ccccc1N. The van der Waals surface area contributed by atoms with E-state index in [2.05, 4.69) is 21.5 Å². The van der Waals surface area contributed by atoms with Crippen molar-refractivity contribution in [3.8, 4) is 0 Å². The second-order valence-electron chi connectivity index (χ2n) is 4.13. The first-order valence-corrected chi connectivity index (χ1v) is 5.79. The van der Waals surface area contributed by atoms with Crippen molar-refractivity contribution < 1.29 is 0 Å². The fourth-order valence-corrected chi connectivity index (χ4v) is 1.87. The lowest BCUT2D eigenvalue weighted by Crippen LogP contribution is -2.20. The van der Waals surface area contributed by atoms with Gasteiger partial charge in [-0.1, -0.05) is 12.1 Å². The van der Waals surface area contributed by atoms with Crippen molar-refractivity contribution in [1.82, 2.24) is 9.55 Å². The molecule has 0 amide bonds. The molecule has 4 heteroatoms. The topological polar surface area (TPSA) is 47.1 Å². The fraction of sp³-hybridized carbons (Fsp3) is 0.308. The molecule has 0 unspecified atom stereocenters. The molecule has 1 aromatic carbocycles. The monoisotopic (exact) mass is 230 g/mol. The molecule has 0 radical (unpaired) electrons. The third-order valence-electron chi connectivity index (χ3n) is 2.82. The molecule has 2 N–H and O–H groups in total. The van der Waals surface area contributed by atoms with Gasteiger partial charge in [-0.3, -0.25) is 0 Å². The number of nitrogen functional groups attached to an aromatic ring is 1. The summed E-state index contributed by atoms with van der Waals surface area (Å²) in [5, 5.41) is 0. The van der Waals surface area contributed by atoms with Crippen molar-refractivity contribution in [3.05, 3.63) is 43.0 Å². The highest BCUT2D eigenvalue weighted by Gasteiger charge is 2.03. The van der Waals surface area contributed by atoms with Crippen molar-refractivity contribution in [3.63, 3.8) is 0 Å². The van der Waals surface area contributed by atoms with E-state index in [1.807, 2.05) is 36.8 Å². The van der Waals surface area contributed by atoms with Crippen LogP contribution in [-0.2, 0) is 6.54 Å². The first-order valence-electron chi connectivity index (χ1n) is 5.79. The molecule has 0 fully saturated rings. The van der Waals surface area contributed by atoms with Gasteiger partial charge in [-0.2, -0.15) is 0 Å². The lowest BCUT2D eigenvalue weighted by Gasteiger charge is -2.20. The Kier molecular flexibility index (Phi) is 3.65. The van der Waals surface area contributed by atoms with Crippen LogP contribution in [0.5, 0.6) is 0 Å². The molecule has 0 saturated heterocycles. The van der Waals surface area contributed by atoms with E-state index in [0.717, 1.165) is 30.9 Å². The van der Waals surface area contributed by atoms with Crippen molar-refractivity contribution >= 4 is 11.4 Å². The minimum Gasteiger partial charge on any atom is -0.397 e. The van der Waals surface area contributed by atoms with Crippen LogP contribution in [0.3, 0.4) is 0 Å². The maximum absolute atomic E-state index is 5.93. The van der Waals surface area contributed by atoms with Crippen molar-refractivity contribution in [2.24, 2.45) is 0 Å². The number of benzene rings is 1. The molecular formula is C13H18N4. The average Bonchev–Trinajstić information content (AvgIpc) is 2.82. The number of nitrogens with two attached hydrogens (primary N) is 1. The van der Waals surface area contributed by atoms with E-state index in [9.17, 15) is 0 Å². The van der Waals surface area contributed by atoms with Gasteiger partial charge in [-0.25, -0.2) is 4.98 Å². The molecule has 2 rings (SSSR count). The van der Waals surface area contributed by atoms with Crippen LogP contribution < -0.4 is 10.6 Å². The van der Waals surface area contributed by atoms with Crippen LogP contribution in [0, 0.1) is 0 Å². The van der Waals surface area contributed by atoms with Gasteiger partial charge in [-0.15, -0.1) is 0 Å². The number of anilines is 2. The Morgan fingerprint density at radius 3 is 2.88 bits per heavy atom. The average molecular weight is 230 g/mol. The van der Waals surface area contributed by atoms with E-state index >= 15 is 0 Å². The van der Waals surface area contributed by atoms with Gasteiger partial charge in [0.25, 0.3) is 0 Å². The standard InChI is InChI=1S/C13H18N4/c1-16(13-6-3-2-5-12(13)14)8-4-9-17-10-7-15-11-17/h2-3,5-7,10-11H,4,8-9,14H2,1H3. The van der Waals surface area contributed by atoms with E-state index in [1.54, 1.807) is 6.20 Å². The normalized spacial score (nSPS) is 10.4. The number of imidazole rings is 1. The maximum Gasteiger partial charge on any atom is 0.0945 e. The first-order chi connectivity index (χ1) is 8.27. The molecule has 0 aliphatic carbocycles. The zero-order valence-electron chi connectivity index (χ0n) is 10.1. The lowest BCUT2D eigenvalue weighted by molar-refractivity contribution is 0.638. The molecule has 0 saturated carbocycles. The van der Waals surface area contributed by atoms with Crippen LogP contribution in [0.2, 0.25) is 0 Å². The van der Waals surface area contributed by atoms with E-state index in [4.69, 9.17) is 5.73 Å². The van der Waals surface area contributed by atoms with E-state index in [-0.39, 0.29) is 0 Å². The Morgan fingerprint density at radius 1 is 1.35 bits per heavy atom. The molecule has 1 heterocycles. The van der Waals surface area contributed by atoms with Gasteiger partial charge in [-0.05, 0) is 18.6 Å². The zero-order valence-corrected chi connectivity index (χ0v) is 10.1. The number of aryl methyl sites for hydroxylation is 1. The minimum atomic E-state index is 0.831. The molecule has 4 nitrogen and oxygen atoms in total. The van der Waals surface area contributed by atoms with Gasteiger partial charge in [0.05, 0.1) is 17.7 Å². The molecule has 90 valence electrons. The minimum absolute atomic E-state index is 0.831. The second-order valence-corrected chi connectivity index (χ2v) is 4.13. The maximum atomic E-state index is 5.93. The van der Waals surface area contributed by atoms with E-state index < -0.39 is 0 Å². The largest absolute Gasteiger partial charge is 0.397 e. The van der Waals surface area contributed by atoms with E-state index in [0.29, 0.717) is 0 Å². The molecule has 0 bridgehead atoms. The van der Waals surface area contributed by atoms with Crippen LogP contribution in [-0.4, -0.2) is 23.1 Å². The highest BCUT2D eigenvalue weighted by atomic mass is 15.1. The first kappa shape index (κ1) is 11.5. The molecule has 17 heavy (non-hydrogen) atoms. The smallest absolute Gasteiger partial charge is 0.0945 e. The Hall–Kier alpha value is -1.97. The third-order valence-corrected chi connectivity index (χ3v) is 2.82. The molecule has 2 aromatic rings. The summed E-state index contributed by atoms with van der Waals surface area (Å²) in [6.45, 7) is 1.96. The number of nitrogens with zero attached hydrogens (tertiary/aromatic N) is 3. The quantitative estimate of drug-likeness (QED) is 0.799. The summed E-state index contributed by atoms with van der Waals surface area (Å²) in [6.07, 6.45) is 6.70. The van der Waals surface area contributed by atoms with Crippen molar-refractivity contribution in [2.45, 2.75) is 13.0 Å². The van der Waals surface area contributed by atoms with Gasteiger partial charge >= 0.3 is 0 Å². The Bertz CT molecular complexity index is 450. The van der Waals surface area contributed by atoms with Crippen LogP contribution in [0.25, 0.3) is 0 Å². The molecular weight excluding hydrogens is 212 g/mol. The fourth-order valence-electron chi connectivity index (χ4n) is 1.87. The summed E-state index contributed by atoms with van der Waals surface area (Å²) in [5.41, 5.74) is 7.86. The molecule has 0 atom stereocenters. The van der Waals surface area contributed by atoms with Gasteiger partial charge in [0, 0.05) is 32.5 Å². The van der Waals surface area contributed by atoms with Crippen LogP contribution in [0.1, 0.15) is 6.42 Å². The van der Waals surface area contributed by atoms with Crippen LogP contribution in [0.15, 0.2) is 43.0 Å². The third kappa shape index (κ3) is 3.00. The number of aromatic nitrogens is 2. The van der Waals surface area contributed by atoms with Gasteiger partial charge < -0.3 is 15.2 Å². The van der Waals surface area contributed by atoms with Crippen LogP contribution in [0.4, 0.5) is 11.4 Å². The van der Waals surface area contributed by atoms with Gasteiger partial charge in [0.15, 0.2) is 0 Å². The van der Waals surface area contributed by atoms with Gasteiger partial charge in [0.2, 0.25) is 0 Å². The summed E-state index contributed by atoms with van der Waals surface area (Å²) >= 11 is 0. The number of hydrogen-bond donors (Lipinski definition) is 1. The molecule has 1 aromatic heterocycles. The predicted octanol–water partition coefficient (Wildman–Crippen LogP) is 1.99. The Morgan fingerprint density at radius 2 is 2.18 bits per heavy atom. The number of para-hydroxylation sites is 2. The molecule has 0 aliphatic rings. The highest BCUT2D eigenvalue weighted by Crippen LogP contribution is 2.20. The number of rotatable bonds is 5. The second kappa shape index (κ2) is 5.39. The van der Waals surface area contributed by atoms with Crippen molar-refractivity contribution in [1.29, 1.82) is 0 Å². The Balaban J connectivity index is 1.85. The van der Waals surface area contributed by atoms with Gasteiger partial charge in [0.1, 0.15) is 0 Å². The van der Waals surface area contributed by atoms with E-state index in [1.165, 1.54) is 0 Å². The zero-order chi connectivity index (χ0) is 12.1. The summed E-state index contributed by atoms with van der Waals surface area (Å²) < 4.78 is 2.09. The predicted molar refractivity (Wildman–Crippen MR) is 71.0 cm³/mol. The highest BCUT2D eigenvalue weighted by molar-refractivity contribution is 5.66. The summed E-state index contributed by atoms with van der Waals surface area (Å²) in [6, 6.07) is 7.95. The van der Waals surface area contributed by atoms with Crippen molar-refractivity contribution in [2.75, 3.05) is 24.2 Å². The summed E-state index contributed by atoms with van der Waals surface area (Å²) in [7, 11) is 2.07. The lowest BCUT2D eigenvalue weighted by atomic mass is 10.2. The summed E-state index contributed by atoms with van der Waals surface area (Å²) in [4.78, 5) is 6.21. The van der Waals surface area contributed by atoms with Crippen LogP contribution >= 0.6 is 0 Å². The summed E-state index contributed by atoms with van der Waals surface area (Å²) in [5.74, 6) is 0. The Labute approximate surface area is 102 Å². The molecule has 0 aliphatic heterocycles. The number of hydrogen-bond acceptors (Lipinski definition) is 3. The molecule has 0 spiro atoms.